The molecule has 0 aliphatic heterocycles. The number of rotatable bonds is 4. The number of halogens is 1. The predicted molar refractivity (Wildman–Crippen MR) is 68.3 cm³/mol. The summed E-state index contributed by atoms with van der Waals surface area (Å²) in [5, 5.41) is 12.4. The van der Waals surface area contributed by atoms with Crippen LogP contribution in [0.2, 0.25) is 5.02 Å². The van der Waals surface area contributed by atoms with Gasteiger partial charge in [0.2, 0.25) is 0 Å². The van der Waals surface area contributed by atoms with E-state index in [0.29, 0.717) is 10.8 Å². The number of carboxylic acid groups (broad SMARTS) is 1. The molecular weight excluding hydrogens is 256 g/mol. The smallest absolute Gasteiger partial charge is 0.337 e. The molecule has 0 saturated heterocycles. The maximum atomic E-state index is 10.8. The van der Waals surface area contributed by atoms with Crippen molar-refractivity contribution >= 4 is 23.4 Å². The summed E-state index contributed by atoms with van der Waals surface area (Å²) >= 11 is 6.01. The molecule has 0 radical (unpaired) electrons. The first kappa shape index (κ1) is 13.1. The van der Waals surface area contributed by atoms with Gasteiger partial charge in [0.05, 0.1) is 22.7 Å². The monoisotopic (exact) mass is 270 g/mol. The number of pyridine rings is 1. The topological polar surface area (TPSA) is 71.5 Å². The maximum absolute atomic E-state index is 10.8. The molecule has 98 valence electrons. The van der Waals surface area contributed by atoms with E-state index in [1.165, 1.54) is 12.3 Å². The van der Waals surface area contributed by atoms with Gasteiger partial charge >= 0.3 is 5.97 Å². The van der Waals surface area contributed by atoms with Crippen LogP contribution in [0.1, 0.15) is 29.6 Å². The van der Waals surface area contributed by atoms with Crippen molar-refractivity contribution < 1.29 is 14.6 Å². The fourth-order valence-corrected chi connectivity index (χ4v) is 2.43. The normalized spacial score (nSPS) is 23.0. The van der Waals surface area contributed by atoms with Gasteiger partial charge in [-0.25, -0.2) is 9.78 Å². The zero-order valence-electron chi connectivity index (χ0n) is 10.0. The highest BCUT2D eigenvalue weighted by Crippen LogP contribution is 2.27. The van der Waals surface area contributed by atoms with E-state index < -0.39 is 5.97 Å². The predicted octanol–water partition coefficient (Wildman–Crippen LogP) is 2.41. The fourth-order valence-electron chi connectivity index (χ4n) is 2.21. The van der Waals surface area contributed by atoms with E-state index in [1.54, 1.807) is 7.11 Å². The molecule has 1 saturated carbocycles. The van der Waals surface area contributed by atoms with Gasteiger partial charge in [-0.1, -0.05) is 11.6 Å². The van der Waals surface area contributed by atoms with Gasteiger partial charge in [-0.15, -0.1) is 0 Å². The Hall–Kier alpha value is -1.33. The van der Waals surface area contributed by atoms with Crippen LogP contribution < -0.4 is 5.32 Å². The van der Waals surface area contributed by atoms with Gasteiger partial charge in [0.25, 0.3) is 0 Å². The van der Waals surface area contributed by atoms with Crippen molar-refractivity contribution in [1.82, 2.24) is 4.98 Å². The number of carboxylic acids is 1. The zero-order valence-corrected chi connectivity index (χ0v) is 10.8. The van der Waals surface area contributed by atoms with E-state index in [-0.39, 0.29) is 17.7 Å². The van der Waals surface area contributed by atoms with Crippen molar-refractivity contribution in [1.29, 1.82) is 0 Å². The van der Waals surface area contributed by atoms with Gasteiger partial charge in [-0.2, -0.15) is 0 Å². The quantitative estimate of drug-likeness (QED) is 0.879. The van der Waals surface area contributed by atoms with Gasteiger partial charge in [0.15, 0.2) is 0 Å². The molecule has 5 nitrogen and oxygen atoms in total. The summed E-state index contributed by atoms with van der Waals surface area (Å²) in [7, 11) is 1.69. The Morgan fingerprint density at radius 1 is 1.61 bits per heavy atom. The van der Waals surface area contributed by atoms with Gasteiger partial charge in [0.1, 0.15) is 5.82 Å². The molecule has 2 N–H and O–H groups in total. The SMILES string of the molecule is COC1CCCC1Nc1ncc(C(=O)O)cc1Cl. The molecule has 1 aliphatic rings. The van der Waals surface area contributed by atoms with Crippen molar-refractivity contribution in [2.24, 2.45) is 0 Å². The third-order valence-corrected chi connectivity index (χ3v) is 3.45. The summed E-state index contributed by atoms with van der Waals surface area (Å²) in [6.45, 7) is 0. The lowest BCUT2D eigenvalue weighted by molar-refractivity contribution is 0.0696. The number of methoxy groups -OCH3 is 1. The summed E-state index contributed by atoms with van der Waals surface area (Å²) in [5.74, 6) is -0.526. The molecule has 1 heterocycles. The minimum Gasteiger partial charge on any atom is -0.478 e. The molecule has 6 heteroatoms. The summed E-state index contributed by atoms with van der Waals surface area (Å²) in [5.41, 5.74) is 0.0836. The number of anilines is 1. The minimum atomic E-state index is -1.04. The highest BCUT2D eigenvalue weighted by Gasteiger charge is 2.27. The van der Waals surface area contributed by atoms with Crippen LogP contribution in [0.25, 0.3) is 0 Å². The number of carbonyl (C=O) groups is 1. The minimum absolute atomic E-state index is 0.0836. The number of ether oxygens (including phenoxy) is 1. The van der Waals surface area contributed by atoms with Crippen LogP contribution in [-0.2, 0) is 4.74 Å². The first-order chi connectivity index (χ1) is 8.61. The van der Waals surface area contributed by atoms with Gasteiger partial charge < -0.3 is 15.2 Å². The zero-order chi connectivity index (χ0) is 13.1. The summed E-state index contributed by atoms with van der Waals surface area (Å²) in [6.07, 6.45) is 4.56. The molecule has 0 aromatic carbocycles. The number of nitrogens with zero attached hydrogens (tertiary/aromatic N) is 1. The average Bonchev–Trinajstić information content (AvgIpc) is 2.78. The second-order valence-electron chi connectivity index (χ2n) is 4.32. The summed E-state index contributed by atoms with van der Waals surface area (Å²) in [4.78, 5) is 14.8. The van der Waals surface area contributed by atoms with Crippen LogP contribution in [0.5, 0.6) is 0 Å². The van der Waals surface area contributed by atoms with E-state index >= 15 is 0 Å². The second kappa shape index (κ2) is 5.54. The molecule has 1 fully saturated rings. The number of aromatic nitrogens is 1. The molecular formula is C12H15ClN2O3. The van der Waals surface area contributed by atoms with Gasteiger partial charge in [0, 0.05) is 13.3 Å². The Bertz CT molecular complexity index is 453. The molecule has 2 rings (SSSR count). The summed E-state index contributed by atoms with van der Waals surface area (Å²) < 4.78 is 5.37. The van der Waals surface area contributed by atoms with E-state index in [0.717, 1.165) is 19.3 Å². The van der Waals surface area contributed by atoms with Crippen molar-refractivity contribution in [3.63, 3.8) is 0 Å². The standard InChI is InChI=1S/C12H15ClN2O3/c1-18-10-4-2-3-9(10)15-11-8(13)5-7(6-14-11)12(16)17/h5-6,9-10H,2-4H2,1H3,(H,14,15)(H,16,17). The molecule has 1 aromatic heterocycles. The Morgan fingerprint density at radius 3 is 3.00 bits per heavy atom. The lowest BCUT2D eigenvalue weighted by atomic mass is 10.2. The second-order valence-corrected chi connectivity index (χ2v) is 4.72. The Morgan fingerprint density at radius 2 is 2.39 bits per heavy atom. The van der Waals surface area contributed by atoms with Gasteiger partial charge in [-0.05, 0) is 25.3 Å². The van der Waals surface area contributed by atoms with Crippen LogP contribution in [0.4, 0.5) is 5.82 Å². The van der Waals surface area contributed by atoms with E-state index in [4.69, 9.17) is 21.4 Å². The first-order valence-electron chi connectivity index (χ1n) is 5.80. The number of aromatic carboxylic acids is 1. The molecule has 18 heavy (non-hydrogen) atoms. The maximum Gasteiger partial charge on any atom is 0.337 e. The average molecular weight is 271 g/mol. The highest BCUT2D eigenvalue weighted by molar-refractivity contribution is 6.33. The van der Waals surface area contributed by atoms with E-state index in [9.17, 15) is 4.79 Å². The van der Waals surface area contributed by atoms with Crippen LogP contribution >= 0.6 is 11.6 Å². The first-order valence-corrected chi connectivity index (χ1v) is 6.17. The van der Waals surface area contributed by atoms with Crippen LogP contribution in [0.3, 0.4) is 0 Å². The van der Waals surface area contributed by atoms with Crippen LogP contribution in [-0.4, -0.2) is 35.3 Å². The molecule has 0 bridgehead atoms. The van der Waals surface area contributed by atoms with Crippen molar-refractivity contribution in [3.8, 4) is 0 Å². The van der Waals surface area contributed by atoms with Crippen LogP contribution in [0, 0.1) is 0 Å². The molecule has 0 spiro atoms. The molecule has 1 aromatic rings. The Labute approximate surface area is 110 Å². The number of hydrogen-bond acceptors (Lipinski definition) is 4. The van der Waals surface area contributed by atoms with E-state index in [1.807, 2.05) is 0 Å². The lowest BCUT2D eigenvalue weighted by Gasteiger charge is -2.20. The highest BCUT2D eigenvalue weighted by atomic mass is 35.5. The van der Waals surface area contributed by atoms with Crippen molar-refractivity contribution in [2.75, 3.05) is 12.4 Å². The Kier molecular flexibility index (Phi) is 4.04. The van der Waals surface area contributed by atoms with Crippen LogP contribution in [0.15, 0.2) is 12.3 Å². The summed E-state index contributed by atoms with van der Waals surface area (Å²) in [6, 6.07) is 1.58. The molecule has 2 unspecified atom stereocenters. The lowest BCUT2D eigenvalue weighted by Crippen LogP contribution is -2.30. The Balaban J connectivity index is 2.12. The van der Waals surface area contributed by atoms with Crippen molar-refractivity contribution in [3.05, 3.63) is 22.8 Å². The van der Waals surface area contributed by atoms with Gasteiger partial charge in [-0.3, -0.25) is 0 Å². The molecule has 2 atom stereocenters. The number of nitrogens with one attached hydrogen (secondary N) is 1. The molecule has 1 aliphatic carbocycles. The fraction of sp³-hybridized carbons (Fsp3) is 0.500. The third-order valence-electron chi connectivity index (χ3n) is 3.17. The van der Waals surface area contributed by atoms with E-state index in [2.05, 4.69) is 10.3 Å². The third kappa shape index (κ3) is 2.73. The molecule has 0 amide bonds. The van der Waals surface area contributed by atoms with Crippen molar-refractivity contribution in [2.45, 2.75) is 31.4 Å². The number of hydrogen-bond donors (Lipinski definition) is 2. The largest absolute Gasteiger partial charge is 0.478 e.